The average molecular weight is 349 g/mol. The van der Waals surface area contributed by atoms with Crippen LogP contribution in [0.1, 0.15) is 80.1 Å². The highest BCUT2D eigenvalue weighted by Gasteiger charge is 2.20. The molecule has 0 aromatic rings. The van der Waals surface area contributed by atoms with Crippen LogP contribution in [0.2, 0.25) is 0 Å². The van der Waals surface area contributed by atoms with Gasteiger partial charge in [-0.3, -0.25) is 4.79 Å². The molecule has 1 aliphatic rings. The number of hydrogen-bond donors (Lipinski definition) is 1. The minimum atomic E-state index is 0.143. The van der Waals surface area contributed by atoms with Crippen LogP contribution in [0.5, 0.6) is 0 Å². The molecule has 0 aromatic heterocycles. The van der Waals surface area contributed by atoms with Crippen LogP contribution in [-0.2, 0) is 4.79 Å². The average Bonchev–Trinajstić information content (AvgIpc) is 2.49. The molecule has 144 valence electrons. The quantitative estimate of drug-likeness (QED) is 0.551. The van der Waals surface area contributed by atoms with E-state index in [9.17, 15) is 4.79 Å². The normalized spacial score (nSPS) is 19.7. The molecule has 0 aromatic carbocycles. The van der Waals surface area contributed by atoms with Crippen molar-refractivity contribution < 1.29 is 9.90 Å². The Morgan fingerprint density at radius 1 is 1.20 bits per heavy atom. The molecule has 0 bridgehead atoms. The largest absolute Gasteiger partial charge is 0.392 e. The van der Waals surface area contributed by atoms with Crippen molar-refractivity contribution in [2.45, 2.75) is 80.1 Å². The lowest BCUT2D eigenvalue weighted by Crippen LogP contribution is -2.17. The van der Waals surface area contributed by atoms with E-state index in [0.717, 1.165) is 25.7 Å². The van der Waals surface area contributed by atoms with Gasteiger partial charge in [0.05, 0.1) is 6.61 Å². The third-order valence-corrected chi connectivity index (χ3v) is 4.58. The number of carbonyl (C=O) groups excluding carboxylic acids is 1. The Hall–Kier alpha value is -1.15. The van der Waals surface area contributed by atoms with Gasteiger partial charge in [-0.2, -0.15) is 0 Å². The van der Waals surface area contributed by atoms with Gasteiger partial charge in [0.2, 0.25) is 0 Å². The Kier molecular flexibility index (Phi) is 12.5. The molecular weight excluding hydrogens is 308 g/mol. The summed E-state index contributed by atoms with van der Waals surface area (Å²) in [6.07, 6.45) is 16.7. The maximum Gasteiger partial charge on any atom is 0.155 e. The molecule has 1 N–H and O–H groups in total. The summed E-state index contributed by atoms with van der Waals surface area (Å²) in [5.74, 6) is 1.47. The maximum absolute atomic E-state index is 11.1. The van der Waals surface area contributed by atoms with Gasteiger partial charge in [0.1, 0.15) is 0 Å². The van der Waals surface area contributed by atoms with Gasteiger partial charge >= 0.3 is 0 Å². The summed E-state index contributed by atoms with van der Waals surface area (Å²) in [6, 6.07) is 0. The fourth-order valence-electron chi connectivity index (χ4n) is 3.17. The fourth-order valence-corrected chi connectivity index (χ4v) is 3.17. The van der Waals surface area contributed by atoms with Crippen molar-refractivity contribution in [3.05, 3.63) is 36.0 Å². The first-order valence-corrected chi connectivity index (χ1v) is 9.87. The van der Waals surface area contributed by atoms with Gasteiger partial charge < -0.3 is 5.11 Å². The fraction of sp³-hybridized carbons (Fsp3) is 0.696. The first kappa shape index (κ1) is 23.9. The van der Waals surface area contributed by atoms with Crippen molar-refractivity contribution in [1.82, 2.24) is 0 Å². The molecule has 0 amide bonds. The summed E-state index contributed by atoms with van der Waals surface area (Å²) >= 11 is 0. The lowest BCUT2D eigenvalue weighted by atomic mass is 9.78. The second kappa shape index (κ2) is 13.1. The van der Waals surface area contributed by atoms with Crippen molar-refractivity contribution in [3.8, 4) is 0 Å². The van der Waals surface area contributed by atoms with Gasteiger partial charge in [-0.25, -0.2) is 0 Å². The Balaban J connectivity index is 0.000000472. The monoisotopic (exact) mass is 348 g/mol. The minimum absolute atomic E-state index is 0.143. The van der Waals surface area contributed by atoms with Crippen molar-refractivity contribution in [3.63, 3.8) is 0 Å². The van der Waals surface area contributed by atoms with Crippen LogP contribution in [0.15, 0.2) is 36.0 Å². The maximum atomic E-state index is 11.1. The molecule has 0 aliphatic heterocycles. The molecule has 25 heavy (non-hydrogen) atoms. The van der Waals surface area contributed by atoms with Crippen molar-refractivity contribution >= 4 is 5.78 Å². The number of aliphatic hydroxyl groups excluding tert-OH is 1. The predicted octanol–water partition coefficient (Wildman–Crippen LogP) is 6.27. The first-order chi connectivity index (χ1) is 11.7. The summed E-state index contributed by atoms with van der Waals surface area (Å²) in [5, 5.41) is 8.75. The Morgan fingerprint density at radius 3 is 2.36 bits per heavy atom. The van der Waals surface area contributed by atoms with Crippen molar-refractivity contribution in [1.29, 1.82) is 0 Å². The second-order valence-electron chi connectivity index (χ2n) is 8.22. The van der Waals surface area contributed by atoms with Crippen molar-refractivity contribution in [2.24, 2.45) is 17.3 Å². The molecule has 1 rings (SSSR count). The summed E-state index contributed by atoms with van der Waals surface area (Å²) in [6.45, 7) is 13.2. The van der Waals surface area contributed by atoms with Crippen LogP contribution in [0.3, 0.4) is 0 Å². The highest BCUT2D eigenvalue weighted by Crippen LogP contribution is 2.30. The molecule has 1 aliphatic carbocycles. The third-order valence-electron chi connectivity index (χ3n) is 4.58. The lowest BCUT2D eigenvalue weighted by Gasteiger charge is -2.27. The molecule has 0 radical (unpaired) electrons. The molecule has 0 saturated heterocycles. The zero-order valence-electron chi connectivity index (χ0n) is 17.3. The van der Waals surface area contributed by atoms with E-state index in [4.69, 9.17) is 5.11 Å². The summed E-state index contributed by atoms with van der Waals surface area (Å²) in [7, 11) is 0. The molecule has 0 saturated carbocycles. The zero-order chi connectivity index (χ0) is 19.3. The number of hydrogen-bond acceptors (Lipinski definition) is 2. The van der Waals surface area contributed by atoms with Crippen LogP contribution in [0, 0.1) is 17.3 Å². The van der Waals surface area contributed by atoms with Gasteiger partial charge in [0, 0.05) is 6.42 Å². The second-order valence-corrected chi connectivity index (χ2v) is 8.22. The van der Waals surface area contributed by atoms with E-state index >= 15 is 0 Å². The van der Waals surface area contributed by atoms with E-state index in [-0.39, 0.29) is 12.0 Å². The number of carbonyl (C=O) groups is 1. The van der Waals surface area contributed by atoms with Crippen molar-refractivity contribution in [2.75, 3.05) is 6.61 Å². The van der Waals surface area contributed by atoms with Crippen LogP contribution < -0.4 is 0 Å². The third kappa shape index (κ3) is 11.9. The van der Waals surface area contributed by atoms with Gasteiger partial charge in [0.15, 0.2) is 5.78 Å². The molecule has 2 unspecified atom stereocenters. The lowest BCUT2D eigenvalue weighted by molar-refractivity contribution is -0.116. The van der Waals surface area contributed by atoms with Crippen LogP contribution in [0.25, 0.3) is 0 Å². The molecule has 0 heterocycles. The molecule has 0 spiro atoms. The smallest absolute Gasteiger partial charge is 0.155 e. The van der Waals surface area contributed by atoms with E-state index < -0.39 is 0 Å². The number of ketones is 1. The highest BCUT2D eigenvalue weighted by molar-refractivity contribution is 5.91. The van der Waals surface area contributed by atoms with E-state index in [1.54, 1.807) is 6.08 Å². The summed E-state index contributed by atoms with van der Waals surface area (Å²) in [4.78, 5) is 11.1. The van der Waals surface area contributed by atoms with Crippen LogP contribution in [0.4, 0.5) is 0 Å². The SMILES string of the molecule is CCC=CCC(C=CCO)C(C)(C)C.CCCC1CC(=O)C=C(C)C1. The highest BCUT2D eigenvalue weighted by atomic mass is 16.2. The van der Waals surface area contributed by atoms with E-state index in [2.05, 4.69) is 59.8 Å². The van der Waals surface area contributed by atoms with Gasteiger partial charge in [-0.15, -0.1) is 0 Å². The Morgan fingerprint density at radius 2 is 1.88 bits per heavy atom. The molecule has 2 heteroatoms. The van der Waals surface area contributed by atoms with Gasteiger partial charge in [0.25, 0.3) is 0 Å². The topological polar surface area (TPSA) is 37.3 Å². The molecule has 0 fully saturated rings. The molecule has 2 atom stereocenters. The Bertz CT molecular complexity index is 449. The zero-order valence-corrected chi connectivity index (χ0v) is 17.3. The summed E-state index contributed by atoms with van der Waals surface area (Å²) < 4.78 is 0. The number of rotatable bonds is 7. The van der Waals surface area contributed by atoms with E-state index in [0.29, 0.717) is 17.6 Å². The van der Waals surface area contributed by atoms with E-state index in [1.165, 1.54) is 18.4 Å². The standard InChI is InChI=1S/C13H24O.C10H16O/c1-5-6-7-9-12(10-8-11-14)13(2,3)4;1-3-4-9-5-8(2)6-10(11)7-9/h6-8,10,12,14H,5,9,11H2,1-4H3;6,9H,3-5,7H2,1-2H3. The first-order valence-electron chi connectivity index (χ1n) is 9.87. The minimum Gasteiger partial charge on any atom is -0.392 e. The van der Waals surface area contributed by atoms with Crippen LogP contribution in [-0.4, -0.2) is 17.5 Å². The van der Waals surface area contributed by atoms with Crippen LogP contribution >= 0.6 is 0 Å². The molecular formula is C23H40O2. The summed E-state index contributed by atoms with van der Waals surface area (Å²) in [5.41, 5.74) is 1.53. The van der Waals surface area contributed by atoms with E-state index in [1.807, 2.05) is 6.08 Å². The predicted molar refractivity (Wildman–Crippen MR) is 110 cm³/mol. The van der Waals surface area contributed by atoms with Gasteiger partial charge in [-0.1, -0.05) is 70.9 Å². The van der Waals surface area contributed by atoms with Gasteiger partial charge in [-0.05, 0) is 55.9 Å². The number of aliphatic hydroxyl groups is 1. The Labute approximate surface area is 156 Å². The number of allylic oxidation sites excluding steroid dienone is 5. The molecule has 2 nitrogen and oxygen atoms in total.